The van der Waals surface area contributed by atoms with Gasteiger partial charge < -0.3 is 4.90 Å². The summed E-state index contributed by atoms with van der Waals surface area (Å²) in [5.41, 5.74) is 0.586. The van der Waals surface area contributed by atoms with E-state index in [-0.39, 0.29) is 35.6 Å². The van der Waals surface area contributed by atoms with Gasteiger partial charge in [0.25, 0.3) is 0 Å². The molecule has 0 atom stereocenters. The third kappa shape index (κ3) is 4.14. The van der Waals surface area contributed by atoms with Gasteiger partial charge in [0.15, 0.2) is 5.78 Å². The van der Waals surface area contributed by atoms with Gasteiger partial charge in [-0.25, -0.2) is 13.9 Å². The highest BCUT2D eigenvalue weighted by atomic mass is 35.5. The molecule has 27 heavy (non-hydrogen) atoms. The molecule has 0 radical (unpaired) electrons. The molecule has 1 aromatic heterocycles. The number of aromatic nitrogens is 3. The molecule has 0 amide bonds. The van der Waals surface area contributed by atoms with Gasteiger partial charge >= 0.3 is 5.69 Å². The Labute approximate surface area is 163 Å². The first kappa shape index (κ1) is 19.8. The van der Waals surface area contributed by atoms with Crippen LogP contribution in [-0.2, 0) is 19.5 Å². The zero-order valence-electron chi connectivity index (χ0n) is 15.1. The first-order valence-electron chi connectivity index (χ1n) is 9.30. The highest BCUT2D eigenvalue weighted by molar-refractivity contribution is 5.97. The van der Waals surface area contributed by atoms with Crippen LogP contribution in [-0.4, -0.2) is 44.7 Å². The maximum atomic E-state index is 13.0. The molecule has 4 rings (SSSR count). The zero-order valence-corrected chi connectivity index (χ0v) is 16.0. The SMILES string of the molecule is Cl.O=C(c1ccc(F)cc1)C1CCN(CCn2nc3n(c2=O)CCC3)CC1. The van der Waals surface area contributed by atoms with E-state index in [0.29, 0.717) is 12.1 Å². The fourth-order valence-electron chi connectivity index (χ4n) is 3.94. The van der Waals surface area contributed by atoms with Crippen LogP contribution in [0.2, 0.25) is 0 Å². The summed E-state index contributed by atoms with van der Waals surface area (Å²) < 4.78 is 16.3. The number of hydrogen-bond acceptors (Lipinski definition) is 4. The number of fused-ring (bicyclic) bond motifs is 1. The lowest BCUT2D eigenvalue weighted by Gasteiger charge is -2.31. The van der Waals surface area contributed by atoms with Crippen LogP contribution in [0.15, 0.2) is 29.1 Å². The van der Waals surface area contributed by atoms with Crippen LogP contribution in [0, 0.1) is 11.7 Å². The molecule has 1 fully saturated rings. The molecule has 146 valence electrons. The summed E-state index contributed by atoms with van der Waals surface area (Å²) in [6, 6.07) is 5.80. The van der Waals surface area contributed by atoms with Gasteiger partial charge in [0.2, 0.25) is 0 Å². The van der Waals surface area contributed by atoms with Crippen molar-refractivity contribution in [2.45, 2.75) is 38.8 Å². The predicted molar refractivity (Wildman–Crippen MR) is 102 cm³/mol. The Morgan fingerprint density at radius 3 is 2.48 bits per heavy atom. The molecule has 0 saturated carbocycles. The second kappa shape index (κ2) is 8.35. The van der Waals surface area contributed by atoms with Crippen molar-refractivity contribution < 1.29 is 9.18 Å². The molecule has 0 aliphatic carbocycles. The summed E-state index contributed by atoms with van der Waals surface area (Å²) in [5, 5.41) is 4.42. The van der Waals surface area contributed by atoms with Crippen molar-refractivity contribution in [1.82, 2.24) is 19.2 Å². The quantitative estimate of drug-likeness (QED) is 0.729. The molecular formula is C19H24ClFN4O2. The molecule has 0 bridgehead atoms. The van der Waals surface area contributed by atoms with Gasteiger partial charge in [0.1, 0.15) is 11.6 Å². The Morgan fingerprint density at radius 1 is 1.11 bits per heavy atom. The van der Waals surface area contributed by atoms with Crippen molar-refractivity contribution in [3.8, 4) is 0 Å². The number of benzene rings is 1. The van der Waals surface area contributed by atoms with Gasteiger partial charge in [0, 0.05) is 31.0 Å². The molecule has 2 aromatic rings. The van der Waals surface area contributed by atoms with Gasteiger partial charge in [0.05, 0.1) is 6.54 Å². The van der Waals surface area contributed by atoms with Crippen LogP contribution < -0.4 is 5.69 Å². The van der Waals surface area contributed by atoms with Crippen molar-refractivity contribution in [3.05, 3.63) is 52.0 Å². The maximum absolute atomic E-state index is 13.0. The van der Waals surface area contributed by atoms with Crippen molar-refractivity contribution >= 4 is 18.2 Å². The van der Waals surface area contributed by atoms with Crippen LogP contribution in [0.4, 0.5) is 4.39 Å². The molecule has 0 spiro atoms. The number of carbonyl (C=O) groups excluding carboxylic acids is 1. The van der Waals surface area contributed by atoms with Crippen LogP contribution in [0.1, 0.15) is 35.4 Å². The average molecular weight is 395 g/mol. The van der Waals surface area contributed by atoms with E-state index in [1.807, 2.05) is 0 Å². The number of nitrogens with zero attached hydrogens (tertiary/aromatic N) is 4. The maximum Gasteiger partial charge on any atom is 0.345 e. The number of rotatable bonds is 5. The standard InChI is InChI=1S/C19H23FN4O2.ClH/c20-16-5-3-14(4-6-16)18(25)15-7-10-22(11-8-15)12-13-24-19(26)23-9-1-2-17(23)21-24;/h3-6,15H,1-2,7-13H2;1H. The van der Waals surface area contributed by atoms with E-state index in [2.05, 4.69) is 10.00 Å². The fraction of sp³-hybridized carbons (Fsp3) is 0.526. The molecule has 0 N–H and O–H groups in total. The number of carbonyl (C=O) groups is 1. The number of halogens is 2. The lowest BCUT2D eigenvalue weighted by atomic mass is 9.89. The molecule has 1 aromatic carbocycles. The van der Waals surface area contributed by atoms with Crippen LogP contribution in [0.3, 0.4) is 0 Å². The Morgan fingerprint density at radius 2 is 1.81 bits per heavy atom. The molecular weight excluding hydrogens is 371 g/mol. The van der Waals surface area contributed by atoms with Gasteiger partial charge in [-0.15, -0.1) is 12.4 Å². The van der Waals surface area contributed by atoms with E-state index in [1.165, 1.54) is 12.1 Å². The largest absolute Gasteiger partial charge is 0.345 e. The van der Waals surface area contributed by atoms with E-state index < -0.39 is 0 Å². The smallest absolute Gasteiger partial charge is 0.301 e. The summed E-state index contributed by atoms with van der Waals surface area (Å²) in [6.07, 6.45) is 3.49. The lowest BCUT2D eigenvalue weighted by Crippen LogP contribution is -2.39. The Bertz CT molecular complexity index is 854. The van der Waals surface area contributed by atoms with Crippen molar-refractivity contribution in [2.75, 3.05) is 19.6 Å². The number of Topliss-reactive ketones (excluding diaryl/α,β-unsaturated/α-hetero) is 1. The lowest BCUT2D eigenvalue weighted by molar-refractivity contribution is 0.0836. The molecule has 6 nitrogen and oxygen atoms in total. The molecule has 8 heteroatoms. The number of piperidine rings is 1. The van der Waals surface area contributed by atoms with Gasteiger partial charge in [-0.2, -0.15) is 5.10 Å². The molecule has 3 heterocycles. The highest BCUT2D eigenvalue weighted by Gasteiger charge is 2.26. The van der Waals surface area contributed by atoms with Gasteiger partial charge in [-0.1, -0.05) is 0 Å². The summed E-state index contributed by atoms with van der Waals surface area (Å²) in [4.78, 5) is 27.0. The zero-order chi connectivity index (χ0) is 18.1. The summed E-state index contributed by atoms with van der Waals surface area (Å²) in [7, 11) is 0. The van der Waals surface area contributed by atoms with Crippen molar-refractivity contribution in [1.29, 1.82) is 0 Å². The Hall–Kier alpha value is -1.99. The van der Waals surface area contributed by atoms with Crippen LogP contribution >= 0.6 is 12.4 Å². The summed E-state index contributed by atoms with van der Waals surface area (Å²) in [6.45, 7) is 3.81. The average Bonchev–Trinajstić information content (AvgIpc) is 3.24. The Kier molecular flexibility index (Phi) is 6.11. The number of likely N-dealkylation sites (tertiary alicyclic amines) is 1. The monoisotopic (exact) mass is 394 g/mol. The summed E-state index contributed by atoms with van der Waals surface area (Å²) >= 11 is 0. The van der Waals surface area contributed by atoms with Crippen LogP contribution in [0.5, 0.6) is 0 Å². The van der Waals surface area contributed by atoms with E-state index in [4.69, 9.17) is 0 Å². The minimum Gasteiger partial charge on any atom is -0.301 e. The van der Waals surface area contributed by atoms with E-state index in [9.17, 15) is 14.0 Å². The topological polar surface area (TPSA) is 60.1 Å². The molecule has 2 aliphatic heterocycles. The van der Waals surface area contributed by atoms with Gasteiger partial charge in [-0.3, -0.25) is 9.36 Å². The van der Waals surface area contributed by atoms with Crippen molar-refractivity contribution in [2.24, 2.45) is 5.92 Å². The minimum atomic E-state index is -0.322. The second-order valence-electron chi connectivity index (χ2n) is 7.16. The first-order valence-corrected chi connectivity index (χ1v) is 9.30. The second-order valence-corrected chi connectivity index (χ2v) is 7.16. The molecule has 1 saturated heterocycles. The predicted octanol–water partition coefficient (Wildman–Crippen LogP) is 2.15. The third-order valence-corrected chi connectivity index (χ3v) is 5.50. The number of hydrogen-bond donors (Lipinski definition) is 0. The van der Waals surface area contributed by atoms with Gasteiger partial charge in [-0.05, 0) is 56.6 Å². The number of aryl methyl sites for hydroxylation is 1. The normalized spacial score (nSPS) is 17.5. The first-order chi connectivity index (χ1) is 12.6. The van der Waals surface area contributed by atoms with E-state index in [0.717, 1.165) is 57.7 Å². The summed E-state index contributed by atoms with van der Waals surface area (Å²) in [5.74, 6) is 0.678. The third-order valence-electron chi connectivity index (χ3n) is 5.50. The van der Waals surface area contributed by atoms with E-state index >= 15 is 0 Å². The van der Waals surface area contributed by atoms with E-state index in [1.54, 1.807) is 21.4 Å². The Balaban J connectivity index is 0.00000210. The minimum absolute atomic E-state index is 0. The van der Waals surface area contributed by atoms with Crippen LogP contribution in [0.25, 0.3) is 0 Å². The molecule has 2 aliphatic rings. The van der Waals surface area contributed by atoms with Crippen molar-refractivity contribution in [3.63, 3.8) is 0 Å². The fourth-order valence-corrected chi connectivity index (χ4v) is 3.94. The highest BCUT2D eigenvalue weighted by Crippen LogP contribution is 2.22. The molecule has 0 unspecified atom stereocenters. The number of ketones is 1.